The highest BCUT2D eigenvalue weighted by molar-refractivity contribution is 7.07. The largest absolute Gasteiger partial charge is 0.462 e. The van der Waals surface area contributed by atoms with Gasteiger partial charge in [0.2, 0.25) is 0 Å². The van der Waals surface area contributed by atoms with Gasteiger partial charge in [-0.2, -0.15) is 0 Å². The van der Waals surface area contributed by atoms with E-state index >= 15 is 0 Å². The van der Waals surface area contributed by atoms with Crippen LogP contribution in [0.25, 0.3) is 0 Å². The molecule has 2 aromatic rings. The standard InChI is InChI=1S/C18H21N3O5S/c1-3-5-10-25-17(23)12-6-8-13(9-7-12)19-15(22)11-26-18(24)16-14(4-2)20-21-27-16/h6-9H,3-5,10-11H2,1-2H3,(H,19,22). The average Bonchev–Trinajstić information content (AvgIpc) is 3.15. The summed E-state index contributed by atoms with van der Waals surface area (Å²) in [6, 6.07) is 6.29. The van der Waals surface area contributed by atoms with Gasteiger partial charge in [-0.05, 0) is 48.6 Å². The Bertz CT molecular complexity index is 789. The molecule has 1 N–H and O–H groups in total. The Balaban J connectivity index is 1.81. The first-order chi connectivity index (χ1) is 13.0. The molecule has 144 valence electrons. The van der Waals surface area contributed by atoms with E-state index in [0.717, 1.165) is 24.4 Å². The fourth-order valence-electron chi connectivity index (χ4n) is 2.07. The number of nitrogens with one attached hydrogen (secondary N) is 1. The van der Waals surface area contributed by atoms with Crippen LogP contribution in [0.5, 0.6) is 0 Å². The van der Waals surface area contributed by atoms with Crippen LogP contribution in [-0.2, 0) is 20.7 Å². The number of anilines is 1. The zero-order valence-electron chi connectivity index (χ0n) is 15.2. The van der Waals surface area contributed by atoms with Gasteiger partial charge in [0.15, 0.2) is 11.5 Å². The molecular weight excluding hydrogens is 370 g/mol. The average molecular weight is 391 g/mol. The molecule has 0 saturated carbocycles. The second-order valence-electron chi connectivity index (χ2n) is 5.59. The lowest BCUT2D eigenvalue weighted by Crippen LogP contribution is -2.21. The Morgan fingerprint density at radius 3 is 2.48 bits per heavy atom. The van der Waals surface area contributed by atoms with E-state index in [2.05, 4.69) is 14.9 Å². The van der Waals surface area contributed by atoms with Gasteiger partial charge in [-0.1, -0.05) is 24.8 Å². The van der Waals surface area contributed by atoms with E-state index in [0.29, 0.717) is 34.8 Å². The van der Waals surface area contributed by atoms with E-state index in [-0.39, 0.29) is 0 Å². The van der Waals surface area contributed by atoms with Gasteiger partial charge >= 0.3 is 11.9 Å². The van der Waals surface area contributed by atoms with E-state index < -0.39 is 24.5 Å². The molecule has 1 aromatic heterocycles. The summed E-state index contributed by atoms with van der Waals surface area (Å²) in [7, 11) is 0. The quantitative estimate of drug-likeness (QED) is 0.517. The number of esters is 2. The van der Waals surface area contributed by atoms with Crippen LogP contribution < -0.4 is 5.32 Å². The summed E-state index contributed by atoms with van der Waals surface area (Å²) in [4.78, 5) is 36.0. The lowest BCUT2D eigenvalue weighted by atomic mass is 10.2. The number of carbonyl (C=O) groups excluding carboxylic acids is 3. The normalized spacial score (nSPS) is 10.3. The molecule has 0 aliphatic rings. The van der Waals surface area contributed by atoms with Crippen molar-refractivity contribution in [3.8, 4) is 0 Å². The summed E-state index contributed by atoms with van der Waals surface area (Å²) in [6.07, 6.45) is 2.32. The summed E-state index contributed by atoms with van der Waals surface area (Å²) >= 11 is 0.938. The monoisotopic (exact) mass is 391 g/mol. The van der Waals surface area contributed by atoms with Crippen LogP contribution in [0.15, 0.2) is 24.3 Å². The Labute approximate surface area is 161 Å². The number of ether oxygens (including phenoxy) is 2. The smallest absolute Gasteiger partial charge is 0.352 e. The van der Waals surface area contributed by atoms with Gasteiger partial charge in [-0.25, -0.2) is 9.59 Å². The molecule has 0 saturated heterocycles. The number of aromatic nitrogens is 2. The van der Waals surface area contributed by atoms with Crippen LogP contribution in [-0.4, -0.2) is 40.6 Å². The Kier molecular flexibility index (Phi) is 7.87. The molecule has 8 nitrogen and oxygen atoms in total. The van der Waals surface area contributed by atoms with Crippen molar-refractivity contribution < 1.29 is 23.9 Å². The van der Waals surface area contributed by atoms with Crippen molar-refractivity contribution in [2.24, 2.45) is 0 Å². The van der Waals surface area contributed by atoms with Crippen molar-refractivity contribution in [3.05, 3.63) is 40.4 Å². The van der Waals surface area contributed by atoms with Crippen molar-refractivity contribution in [3.63, 3.8) is 0 Å². The van der Waals surface area contributed by atoms with E-state index in [1.807, 2.05) is 13.8 Å². The predicted octanol–water partition coefficient (Wildman–Crippen LogP) is 2.85. The molecule has 1 aromatic carbocycles. The van der Waals surface area contributed by atoms with Gasteiger partial charge in [0.05, 0.1) is 17.9 Å². The predicted molar refractivity (Wildman–Crippen MR) is 99.8 cm³/mol. The van der Waals surface area contributed by atoms with Crippen LogP contribution in [0.2, 0.25) is 0 Å². The summed E-state index contributed by atoms with van der Waals surface area (Å²) < 4.78 is 13.8. The van der Waals surface area contributed by atoms with E-state index in [9.17, 15) is 14.4 Å². The minimum atomic E-state index is -0.623. The first-order valence-electron chi connectivity index (χ1n) is 8.60. The molecule has 0 atom stereocenters. The highest BCUT2D eigenvalue weighted by atomic mass is 32.1. The number of aryl methyl sites for hydroxylation is 1. The number of amides is 1. The maximum absolute atomic E-state index is 11.9. The highest BCUT2D eigenvalue weighted by Crippen LogP contribution is 2.13. The number of nitrogens with zero attached hydrogens (tertiary/aromatic N) is 2. The SMILES string of the molecule is CCCCOC(=O)c1ccc(NC(=O)COC(=O)c2snnc2CC)cc1. The molecule has 0 radical (unpaired) electrons. The molecule has 27 heavy (non-hydrogen) atoms. The summed E-state index contributed by atoms with van der Waals surface area (Å²) in [5, 5.41) is 6.42. The summed E-state index contributed by atoms with van der Waals surface area (Å²) in [5.74, 6) is -1.51. The third kappa shape index (κ3) is 6.14. The maximum atomic E-state index is 11.9. The van der Waals surface area contributed by atoms with Gasteiger partial charge in [-0.3, -0.25) is 4.79 Å². The lowest BCUT2D eigenvalue weighted by Gasteiger charge is -2.07. The number of benzene rings is 1. The molecule has 0 spiro atoms. The first kappa shape index (κ1) is 20.5. The van der Waals surface area contributed by atoms with E-state index in [1.54, 1.807) is 24.3 Å². The van der Waals surface area contributed by atoms with Crippen LogP contribution in [0.3, 0.4) is 0 Å². The number of rotatable bonds is 9. The number of hydrogen-bond donors (Lipinski definition) is 1. The van der Waals surface area contributed by atoms with Gasteiger partial charge in [0.1, 0.15) is 0 Å². The van der Waals surface area contributed by atoms with Crippen LogP contribution in [0.1, 0.15) is 52.4 Å². The second-order valence-corrected chi connectivity index (χ2v) is 6.35. The highest BCUT2D eigenvalue weighted by Gasteiger charge is 2.17. The molecule has 0 fully saturated rings. The van der Waals surface area contributed by atoms with Crippen LogP contribution >= 0.6 is 11.5 Å². The molecule has 0 unspecified atom stereocenters. The molecule has 0 bridgehead atoms. The maximum Gasteiger partial charge on any atom is 0.352 e. The van der Waals surface area contributed by atoms with Crippen LogP contribution in [0, 0.1) is 0 Å². The van der Waals surface area contributed by atoms with E-state index in [4.69, 9.17) is 9.47 Å². The van der Waals surface area contributed by atoms with Gasteiger partial charge < -0.3 is 14.8 Å². The van der Waals surface area contributed by atoms with E-state index in [1.165, 1.54) is 0 Å². The lowest BCUT2D eigenvalue weighted by molar-refractivity contribution is -0.119. The minimum Gasteiger partial charge on any atom is -0.462 e. The van der Waals surface area contributed by atoms with Crippen molar-refractivity contribution in [1.82, 2.24) is 9.59 Å². The van der Waals surface area contributed by atoms with Gasteiger partial charge in [-0.15, -0.1) is 5.10 Å². The zero-order valence-corrected chi connectivity index (χ0v) is 16.0. The fraction of sp³-hybridized carbons (Fsp3) is 0.389. The zero-order chi connectivity index (χ0) is 19.6. The minimum absolute atomic E-state index is 0.302. The number of carbonyl (C=O) groups is 3. The topological polar surface area (TPSA) is 107 Å². The van der Waals surface area contributed by atoms with Crippen LogP contribution in [0.4, 0.5) is 5.69 Å². The first-order valence-corrected chi connectivity index (χ1v) is 9.37. The molecule has 1 amide bonds. The molecule has 1 heterocycles. The molecule has 9 heteroatoms. The molecule has 2 rings (SSSR count). The number of unbranched alkanes of at least 4 members (excludes halogenated alkanes) is 1. The van der Waals surface area contributed by atoms with Crippen molar-refractivity contribution in [1.29, 1.82) is 0 Å². The summed E-state index contributed by atoms with van der Waals surface area (Å²) in [6.45, 7) is 3.82. The fourth-order valence-corrected chi connectivity index (χ4v) is 2.72. The number of hydrogen-bond acceptors (Lipinski definition) is 8. The third-order valence-electron chi connectivity index (χ3n) is 3.55. The van der Waals surface area contributed by atoms with Gasteiger partial charge in [0, 0.05) is 5.69 Å². The van der Waals surface area contributed by atoms with Crippen molar-refractivity contribution in [2.75, 3.05) is 18.5 Å². The summed E-state index contributed by atoms with van der Waals surface area (Å²) in [5.41, 5.74) is 1.43. The molecular formula is C18H21N3O5S. The Morgan fingerprint density at radius 1 is 1.07 bits per heavy atom. The Morgan fingerprint density at radius 2 is 1.81 bits per heavy atom. The van der Waals surface area contributed by atoms with Gasteiger partial charge in [0.25, 0.3) is 5.91 Å². The second kappa shape index (κ2) is 10.4. The van der Waals surface area contributed by atoms with Crippen molar-refractivity contribution in [2.45, 2.75) is 33.1 Å². The third-order valence-corrected chi connectivity index (χ3v) is 4.29. The Hall–Kier alpha value is -2.81. The van der Waals surface area contributed by atoms with Crippen molar-refractivity contribution >= 4 is 35.1 Å². The molecule has 0 aliphatic carbocycles. The molecule has 0 aliphatic heterocycles.